The van der Waals surface area contributed by atoms with Crippen molar-refractivity contribution in [1.82, 2.24) is 15.0 Å². The number of hydrogen-bond acceptors (Lipinski definition) is 7. The third-order valence-electron chi connectivity index (χ3n) is 5.15. The van der Waals surface area contributed by atoms with Crippen LogP contribution in [0.4, 0.5) is 5.95 Å². The Hall–Kier alpha value is -3.42. The summed E-state index contributed by atoms with van der Waals surface area (Å²) in [6, 6.07) is 15.6. The maximum atomic E-state index is 6.66. The van der Waals surface area contributed by atoms with Gasteiger partial charge in [0.2, 0.25) is 5.95 Å². The maximum Gasteiger partial charge on any atom is 0.322 e. The highest BCUT2D eigenvalue weighted by molar-refractivity contribution is 6.35. The summed E-state index contributed by atoms with van der Waals surface area (Å²) in [6.45, 7) is 1.33. The van der Waals surface area contributed by atoms with Gasteiger partial charge in [0.1, 0.15) is 12.4 Å². The summed E-state index contributed by atoms with van der Waals surface area (Å²) in [7, 11) is 1.62. The van der Waals surface area contributed by atoms with Crippen LogP contribution < -0.4 is 15.2 Å². The average molecular weight is 435 g/mol. The lowest BCUT2D eigenvalue weighted by Crippen LogP contribution is -2.08. The number of rotatable bonds is 5. The fourth-order valence-corrected chi connectivity index (χ4v) is 4.12. The second kappa shape index (κ2) is 8.02. The molecule has 8 heteroatoms. The molecule has 2 N–H and O–H groups in total. The molecular weight excluding hydrogens is 416 g/mol. The van der Waals surface area contributed by atoms with Crippen molar-refractivity contribution in [3.05, 3.63) is 70.2 Å². The van der Waals surface area contributed by atoms with Crippen LogP contribution in [-0.2, 0) is 24.6 Å². The minimum atomic E-state index is 0.0607. The predicted octanol–water partition coefficient (Wildman–Crippen LogP) is 4.55. The van der Waals surface area contributed by atoms with Gasteiger partial charge in [0.05, 0.1) is 25.3 Å². The quantitative estimate of drug-likeness (QED) is 0.492. The van der Waals surface area contributed by atoms with Crippen LogP contribution in [0.15, 0.2) is 48.5 Å². The SMILES string of the molecule is COc1cccc(COc2nc(N)nc(-c3c(Cl)cc4c5c(cccc35)COC4)n2)c1. The van der Waals surface area contributed by atoms with Gasteiger partial charge in [-0.05, 0) is 45.7 Å². The van der Waals surface area contributed by atoms with E-state index in [9.17, 15) is 0 Å². The second-order valence-electron chi connectivity index (χ2n) is 7.17. The van der Waals surface area contributed by atoms with Gasteiger partial charge >= 0.3 is 6.01 Å². The molecule has 1 aromatic heterocycles. The zero-order valence-electron chi connectivity index (χ0n) is 16.8. The molecule has 31 heavy (non-hydrogen) atoms. The number of aromatic nitrogens is 3. The van der Waals surface area contributed by atoms with Gasteiger partial charge in [-0.3, -0.25) is 0 Å². The van der Waals surface area contributed by atoms with Gasteiger partial charge in [-0.15, -0.1) is 0 Å². The van der Waals surface area contributed by atoms with Crippen LogP contribution in [0.2, 0.25) is 5.02 Å². The van der Waals surface area contributed by atoms with Gasteiger partial charge in [-0.25, -0.2) is 0 Å². The van der Waals surface area contributed by atoms with Crippen molar-refractivity contribution in [2.45, 2.75) is 19.8 Å². The van der Waals surface area contributed by atoms with Crippen molar-refractivity contribution in [2.75, 3.05) is 12.8 Å². The molecule has 1 aliphatic heterocycles. The van der Waals surface area contributed by atoms with Gasteiger partial charge in [-0.2, -0.15) is 15.0 Å². The van der Waals surface area contributed by atoms with Crippen molar-refractivity contribution >= 4 is 28.3 Å². The van der Waals surface area contributed by atoms with E-state index >= 15 is 0 Å². The van der Waals surface area contributed by atoms with Crippen LogP contribution in [0.3, 0.4) is 0 Å². The van der Waals surface area contributed by atoms with Crippen LogP contribution in [0.1, 0.15) is 16.7 Å². The number of hydrogen-bond donors (Lipinski definition) is 1. The Labute approximate surface area is 183 Å². The van der Waals surface area contributed by atoms with Gasteiger partial charge < -0.3 is 19.9 Å². The number of nitrogen functional groups attached to an aromatic ring is 1. The second-order valence-corrected chi connectivity index (χ2v) is 7.57. The van der Waals surface area contributed by atoms with E-state index in [1.54, 1.807) is 7.11 Å². The zero-order valence-corrected chi connectivity index (χ0v) is 17.5. The molecule has 0 unspecified atom stereocenters. The minimum Gasteiger partial charge on any atom is -0.497 e. The molecule has 1 aliphatic rings. The fraction of sp³-hybridized carbons (Fsp3) is 0.174. The van der Waals surface area contributed by atoms with Crippen molar-refractivity contribution < 1.29 is 14.2 Å². The van der Waals surface area contributed by atoms with E-state index in [0.29, 0.717) is 29.6 Å². The molecular formula is C23H19ClN4O3. The summed E-state index contributed by atoms with van der Waals surface area (Å²) in [4.78, 5) is 13.0. The topological polar surface area (TPSA) is 92.4 Å². The Kier molecular flexibility index (Phi) is 5.05. The monoisotopic (exact) mass is 434 g/mol. The van der Waals surface area contributed by atoms with E-state index in [1.165, 1.54) is 0 Å². The lowest BCUT2D eigenvalue weighted by Gasteiger charge is -2.20. The van der Waals surface area contributed by atoms with E-state index in [0.717, 1.165) is 33.2 Å². The first-order valence-electron chi connectivity index (χ1n) is 9.71. The van der Waals surface area contributed by atoms with Gasteiger partial charge in [-0.1, -0.05) is 41.9 Å². The number of anilines is 1. The molecule has 0 aliphatic carbocycles. The third kappa shape index (κ3) is 3.73. The maximum absolute atomic E-state index is 6.66. The van der Waals surface area contributed by atoms with E-state index in [4.69, 9.17) is 31.5 Å². The molecule has 0 fully saturated rings. The van der Waals surface area contributed by atoms with Gasteiger partial charge in [0.25, 0.3) is 0 Å². The first kappa shape index (κ1) is 19.5. The number of ether oxygens (including phenoxy) is 3. The molecule has 5 rings (SSSR count). The molecule has 0 bridgehead atoms. The summed E-state index contributed by atoms with van der Waals surface area (Å²) in [5.74, 6) is 1.18. The summed E-state index contributed by atoms with van der Waals surface area (Å²) in [6.07, 6.45) is 0. The average Bonchev–Trinajstić information content (AvgIpc) is 2.78. The highest BCUT2D eigenvalue weighted by Crippen LogP contribution is 2.39. The first-order chi connectivity index (χ1) is 15.1. The van der Waals surface area contributed by atoms with Crippen LogP contribution in [0, 0.1) is 0 Å². The van der Waals surface area contributed by atoms with Crippen molar-refractivity contribution in [1.29, 1.82) is 0 Å². The summed E-state index contributed by atoms with van der Waals surface area (Å²) in [5.41, 5.74) is 9.74. The fourth-order valence-electron chi connectivity index (χ4n) is 3.80. The van der Waals surface area contributed by atoms with E-state index in [2.05, 4.69) is 15.0 Å². The smallest absolute Gasteiger partial charge is 0.322 e. The number of halogens is 1. The van der Waals surface area contributed by atoms with E-state index in [1.807, 2.05) is 48.5 Å². The van der Waals surface area contributed by atoms with Crippen LogP contribution >= 0.6 is 11.6 Å². The molecule has 4 aromatic rings. The molecule has 2 heterocycles. The zero-order chi connectivity index (χ0) is 21.4. The molecule has 0 atom stereocenters. The first-order valence-corrected chi connectivity index (χ1v) is 10.1. The van der Waals surface area contributed by atoms with Crippen LogP contribution in [-0.4, -0.2) is 22.1 Å². The van der Waals surface area contributed by atoms with E-state index < -0.39 is 0 Å². The minimum absolute atomic E-state index is 0.0607. The van der Waals surface area contributed by atoms with Crippen molar-refractivity contribution in [2.24, 2.45) is 0 Å². The molecule has 0 saturated carbocycles. The Morgan fingerprint density at radius 1 is 1.03 bits per heavy atom. The number of methoxy groups -OCH3 is 1. The normalized spacial score (nSPS) is 12.7. The van der Waals surface area contributed by atoms with Gasteiger partial charge in [0.15, 0.2) is 5.82 Å². The standard InChI is InChI=1S/C23H19ClN4O3/c1-29-16-6-2-4-13(8-16)10-31-23-27-21(26-22(25)28-23)20-17-7-3-5-14-11-30-12-15(19(14)17)9-18(20)24/h2-9H,10-12H2,1H3,(H2,25,26,27,28). The van der Waals surface area contributed by atoms with E-state index in [-0.39, 0.29) is 18.6 Å². The Bertz CT molecular complexity index is 1300. The Morgan fingerprint density at radius 2 is 1.87 bits per heavy atom. The Morgan fingerprint density at radius 3 is 2.74 bits per heavy atom. The van der Waals surface area contributed by atoms with Crippen molar-refractivity contribution in [3.8, 4) is 23.1 Å². The molecule has 156 valence electrons. The summed E-state index contributed by atoms with van der Waals surface area (Å²) < 4.78 is 16.7. The number of benzene rings is 3. The number of nitrogens with two attached hydrogens (primary N) is 1. The number of nitrogens with zero attached hydrogens (tertiary/aromatic N) is 3. The predicted molar refractivity (Wildman–Crippen MR) is 118 cm³/mol. The molecule has 0 spiro atoms. The van der Waals surface area contributed by atoms with Crippen molar-refractivity contribution in [3.63, 3.8) is 0 Å². The van der Waals surface area contributed by atoms with Crippen LogP contribution in [0.25, 0.3) is 22.2 Å². The molecule has 0 amide bonds. The third-order valence-corrected chi connectivity index (χ3v) is 5.45. The summed E-state index contributed by atoms with van der Waals surface area (Å²) in [5, 5.41) is 2.59. The molecule has 7 nitrogen and oxygen atoms in total. The van der Waals surface area contributed by atoms with Crippen LogP contribution in [0.5, 0.6) is 11.8 Å². The molecule has 3 aromatic carbocycles. The largest absolute Gasteiger partial charge is 0.497 e. The lowest BCUT2D eigenvalue weighted by atomic mass is 9.94. The lowest BCUT2D eigenvalue weighted by molar-refractivity contribution is 0.103. The summed E-state index contributed by atoms with van der Waals surface area (Å²) >= 11 is 6.66. The molecule has 0 saturated heterocycles. The van der Waals surface area contributed by atoms with Gasteiger partial charge in [0, 0.05) is 5.56 Å². The molecule has 0 radical (unpaired) electrons. The highest BCUT2D eigenvalue weighted by Gasteiger charge is 2.21. The Balaban J connectivity index is 1.55. The highest BCUT2D eigenvalue weighted by atomic mass is 35.5.